The number of carbonyl (C=O) groups excluding carboxylic acids is 2. The van der Waals surface area contributed by atoms with Gasteiger partial charge < -0.3 is 19.3 Å². The zero-order chi connectivity index (χ0) is 35.4. The minimum atomic E-state index is -0.196. The lowest BCUT2D eigenvalue weighted by Crippen LogP contribution is -2.52. The number of ether oxygens (including phenoxy) is 2. The molecule has 51 heavy (non-hydrogen) atoms. The topological polar surface area (TPSA) is 89.8 Å². The van der Waals surface area contributed by atoms with Gasteiger partial charge in [-0.25, -0.2) is 4.79 Å². The van der Waals surface area contributed by atoms with Crippen LogP contribution in [0.3, 0.4) is 0 Å². The molecule has 0 unspecified atom stereocenters. The molecular weight excluding hydrogens is 638 g/mol. The van der Waals surface area contributed by atoms with Crippen LogP contribution in [0, 0.1) is 24.2 Å². The number of nitrogens with zero attached hydrogens (tertiary/aromatic N) is 5. The zero-order valence-electron chi connectivity index (χ0n) is 31.0. The van der Waals surface area contributed by atoms with Gasteiger partial charge in [0.25, 0.3) is 0 Å². The number of methoxy groups -OCH3 is 1. The summed E-state index contributed by atoms with van der Waals surface area (Å²) in [5.74, 6) is 1.61. The van der Waals surface area contributed by atoms with Crippen molar-refractivity contribution in [1.82, 2.24) is 19.7 Å². The number of pyridine rings is 1. The predicted molar refractivity (Wildman–Crippen MR) is 198 cm³/mol. The summed E-state index contributed by atoms with van der Waals surface area (Å²) < 4.78 is 13.6. The van der Waals surface area contributed by atoms with E-state index in [0.29, 0.717) is 5.92 Å². The molecule has 0 radical (unpaired) electrons. The van der Waals surface area contributed by atoms with Crippen molar-refractivity contribution in [3.63, 3.8) is 0 Å². The third-order valence-corrected chi connectivity index (χ3v) is 13.7. The Morgan fingerprint density at radius 2 is 1.69 bits per heavy atom. The van der Waals surface area contributed by atoms with E-state index >= 15 is 0 Å². The van der Waals surface area contributed by atoms with E-state index in [-0.39, 0.29) is 40.4 Å². The smallest absolute Gasteiger partial charge is 0.410 e. The number of likely N-dealkylation sites (tertiary alicyclic amines) is 1. The van der Waals surface area contributed by atoms with Crippen LogP contribution in [0.15, 0.2) is 48.9 Å². The molecule has 1 aromatic carbocycles. The molecule has 3 heterocycles. The van der Waals surface area contributed by atoms with Crippen LogP contribution in [0.5, 0.6) is 5.75 Å². The average molecular weight is 694 g/mol. The molecule has 1 aliphatic heterocycles. The summed E-state index contributed by atoms with van der Waals surface area (Å²) in [4.78, 5) is 36.1. The Balaban J connectivity index is 1.01. The van der Waals surface area contributed by atoms with Crippen molar-refractivity contribution in [2.75, 3.05) is 31.6 Å². The summed E-state index contributed by atoms with van der Waals surface area (Å²) in [5, 5.41) is 4.74. The van der Waals surface area contributed by atoms with Crippen LogP contribution in [0.25, 0.3) is 11.3 Å². The van der Waals surface area contributed by atoms with E-state index < -0.39 is 0 Å². The van der Waals surface area contributed by atoms with Gasteiger partial charge in [-0.3, -0.25) is 14.5 Å². The van der Waals surface area contributed by atoms with Crippen molar-refractivity contribution in [3.05, 3.63) is 60.0 Å². The molecular formula is C42H55N5O4. The predicted octanol–water partition coefficient (Wildman–Crippen LogP) is 8.43. The second-order valence-corrected chi connectivity index (χ2v) is 17.2. The number of aryl methyl sites for hydroxylation is 1. The molecule has 9 nitrogen and oxygen atoms in total. The molecule has 5 aliphatic carbocycles. The monoisotopic (exact) mass is 693 g/mol. The fraction of sp³-hybridized carbons (Fsp3) is 0.619. The minimum Gasteiger partial charge on any atom is -0.496 e. The van der Waals surface area contributed by atoms with E-state index in [9.17, 15) is 9.59 Å². The summed E-state index contributed by atoms with van der Waals surface area (Å²) in [6.45, 7) is 8.85. The third kappa shape index (κ3) is 6.43. The van der Waals surface area contributed by atoms with E-state index in [1.165, 1.54) is 17.5 Å². The van der Waals surface area contributed by atoms with Gasteiger partial charge in [-0.15, -0.1) is 0 Å². The normalized spacial score (nSPS) is 28.4. The van der Waals surface area contributed by atoms with Gasteiger partial charge in [0.05, 0.1) is 24.5 Å². The van der Waals surface area contributed by atoms with Crippen molar-refractivity contribution in [2.24, 2.45) is 17.3 Å². The molecule has 272 valence electrons. The number of rotatable bonds is 9. The Morgan fingerprint density at radius 1 is 0.961 bits per heavy atom. The first-order valence-corrected chi connectivity index (χ1v) is 19.5. The number of hydrogen-bond acceptors (Lipinski definition) is 6. The van der Waals surface area contributed by atoms with E-state index in [4.69, 9.17) is 19.6 Å². The maximum absolute atomic E-state index is 14.7. The molecule has 6 fully saturated rings. The molecule has 3 aromatic rings. The van der Waals surface area contributed by atoms with Crippen LogP contribution < -0.4 is 9.64 Å². The average Bonchev–Trinajstić information content (AvgIpc) is 3.63. The van der Waals surface area contributed by atoms with Crippen LogP contribution in [-0.2, 0) is 20.5 Å². The van der Waals surface area contributed by atoms with Crippen molar-refractivity contribution in [2.45, 2.75) is 121 Å². The van der Waals surface area contributed by atoms with E-state index in [1.807, 2.05) is 18.5 Å². The number of hydrogen-bond donors (Lipinski definition) is 0. The standard InChI is InChI=1S/C42H55N5O4/c1-29-25-45(26-29)39(49)51-35-9-6-31(7-10-35)38(48)46(34-12-21-43-36(23-34)32-24-44-47(27-32)40(3)13-5-14-40)28-41-15-18-42(19-16-41,20-17-41)33-8-11-37(50-4)30(2)22-33/h8,11-12,21-24,27,29,31,35H,5-7,9-10,13-20,25-26,28H2,1-4H3. The first kappa shape index (κ1) is 34.2. The molecule has 5 saturated carbocycles. The van der Waals surface area contributed by atoms with Crippen molar-refractivity contribution in [3.8, 4) is 17.0 Å². The van der Waals surface area contributed by atoms with Gasteiger partial charge >= 0.3 is 6.09 Å². The molecule has 0 atom stereocenters. The van der Waals surface area contributed by atoms with Gasteiger partial charge in [0, 0.05) is 49.2 Å². The van der Waals surface area contributed by atoms with Gasteiger partial charge in [0.15, 0.2) is 0 Å². The molecule has 2 bridgehead atoms. The molecule has 1 saturated heterocycles. The highest BCUT2D eigenvalue weighted by molar-refractivity contribution is 5.95. The third-order valence-electron chi connectivity index (χ3n) is 13.7. The van der Waals surface area contributed by atoms with Crippen LogP contribution in [0.1, 0.15) is 108 Å². The molecule has 0 N–H and O–H groups in total. The minimum absolute atomic E-state index is 0.0829. The Hall–Kier alpha value is -3.88. The second kappa shape index (κ2) is 13.3. The molecule has 2 aromatic heterocycles. The highest BCUT2D eigenvalue weighted by atomic mass is 16.6. The van der Waals surface area contributed by atoms with Crippen LogP contribution >= 0.6 is 0 Å². The molecule has 9 rings (SSSR count). The molecule has 9 heteroatoms. The van der Waals surface area contributed by atoms with E-state index in [0.717, 1.165) is 119 Å². The van der Waals surface area contributed by atoms with Crippen LogP contribution in [0.4, 0.5) is 10.5 Å². The largest absolute Gasteiger partial charge is 0.496 e. The number of amides is 2. The number of anilines is 1. The maximum atomic E-state index is 14.7. The molecule has 6 aliphatic rings. The SMILES string of the molecule is COc1ccc(C23CCC(CN(C(=O)C4CCC(OC(=O)N5CC(C)C5)CC4)c4ccnc(-c5cnn(C6(C)CCC6)c5)c4)(CC2)CC3)cc1C. The van der Waals surface area contributed by atoms with Gasteiger partial charge in [-0.05, 0) is 143 Å². The van der Waals surface area contributed by atoms with E-state index in [1.54, 1.807) is 12.0 Å². The Kier molecular flexibility index (Phi) is 8.90. The Bertz CT molecular complexity index is 1740. The number of aromatic nitrogens is 3. The van der Waals surface area contributed by atoms with Crippen molar-refractivity contribution < 1.29 is 19.1 Å². The van der Waals surface area contributed by atoms with Gasteiger partial charge in [0.2, 0.25) is 5.91 Å². The molecule has 2 amide bonds. The quantitative estimate of drug-likeness (QED) is 0.224. The lowest BCUT2D eigenvalue weighted by atomic mass is 9.51. The van der Waals surface area contributed by atoms with Crippen molar-refractivity contribution in [1.29, 1.82) is 0 Å². The number of benzene rings is 1. The summed E-state index contributed by atoms with van der Waals surface area (Å²) in [5.41, 5.74) is 5.79. The van der Waals surface area contributed by atoms with Crippen LogP contribution in [-0.4, -0.2) is 64.5 Å². The van der Waals surface area contributed by atoms with Crippen LogP contribution in [0.2, 0.25) is 0 Å². The number of fused-ring (bicyclic) bond motifs is 3. The summed E-state index contributed by atoms with van der Waals surface area (Å²) in [6.07, 6.45) is 18.8. The van der Waals surface area contributed by atoms with E-state index in [2.05, 4.69) is 60.8 Å². The Labute approximate surface area is 303 Å². The second-order valence-electron chi connectivity index (χ2n) is 17.2. The van der Waals surface area contributed by atoms with Gasteiger partial charge in [-0.1, -0.05) is 19.1 Å². The maximum Gasteiger partial charge on any atom is 0.410 e. The fourth-order valence-corrected chi connectivity index (χ4v) is 9.90. The van der Waals surface area contributed by atoms with Gasteiger partial charge in [0.1, 0.15) is 11.9 Å². The van der Waals surface area contributed by atoms with Crippen molar-refractivity contribution >= 4 is 17.7 Å². The summed E-state index contributed by atoms with van der Waals surface area (Å²) in [6, 6.07) is 10.9. The first-order chi connectivity index (χ1) is 24.6. The van der Waals surface area contributed by atoms with Gasteiger partial charge in [-0.2, -0.15) is 5.10 Å². The zero-order valence-corrected chi connectivity index (χ0v) is 31.0. The lowest BCUT2D eigenvalue weighted by molar-refractivity contribution is -0.124. The lowest BCUT2D eigenvalue weighted by Gasteiger charge is -2.55. The highest BCUT2D eigenvalue weighted by Gasteiger charge is 2.51. The highest BCUT2D eigenvalue weighted by Crippen LogP contribution is 2.58. The summed E-state index contributed by atoms with van der Waals surface area (Å²) in [7, 11) is 1.74. The fourth-order valence-electron chi connectivity index (χ4n) is 9.90. The first-order valence-electron chi connectivity index (χ1n) is 19.5. The summed E-state index contributed by atoms with van der Waals surface area (Å²) >= 11 is 0. The molecule has 0 spiro atoms. The Morgan fingerprint density at radius 3 is 2.31 bits per heavy atom. The number of carbonyl (C=O) groups is 2.